The fraction of sp³-hybridized carbons (Fsp3) is 0.130. The van der Waals surface area contributed by atoms with Crippen LogP contribution in [0.1, 0.15) is 18.5 Å². The third kappa shape index (κ3) is 5.62. The van der Waals surface area contributed by atoms with Crippen LogP contribution >= 0.6 is 11.8 Å². The van der Waals surface area contributed by atoms with Crippen molar-refractivity contribution in [3.05, 3.63) is 84.4 Å². The molecule has 3 aromatic carbocycles. The predicted molar refractivity (Wildman–Crippen MR) is 115 cm³/mol. The van der Waals surface area contributed by atoms with Crippen LogP contribution in [0.5, 0.6) is 5.75 Å². The van der Waals surface area contributed by atoms with Gasteiger partial charge in [-0.15, -0.1) is 0 Å². The van der Waals surface area contributed by atoms with Gasteiger partial charge in [-0.2, -0.15) is 0 Å². The van der Waals surface area contributed by atoms with Gasteiger partial charge >= 0.3 is 11.8 Å². The first-order chi connectivity index (χ1) is 14.1. The molecule has 0 radical (unpaired) electrons. The lowest BCUT2D eigenvalue weighted by Crippen LogP contribution is -2.37. The maximum absolute atomic E-state index is 12.4. The quantitative estimate of drug-likeness (QED) is 0.584. The van der Waals surface area contributed by atoms with Crippen LogP contribution in [-0.4, -0.2) is 18.9 Å². The predicted octanol–water partition coefficient (Wildman–Crippen LogP) is 4.66. The molecule has 0 aliphatic heterocycles. The van der Waals surface area contributed by atoms with E-state index in [1.807, 2.05) is 79.7 Å². The summed E-state index contributed by atoms with van der Waals surface area (Å²) in [6.45, 7) is 1.83. The second-order valence-electron chi connectivity index (χ2n) is 6.33. The number of carbonyl (C=O) groups is 2. The fourth-order valence-corrected chi connectivity index (χ4v) is 3.61. The van der Waals surface area contributed by atoms with E-state index in [1.54, 1.807) is 13.2 Å². The molecule has 0 bridgehead atoms. The lowest BCUT2D eigenvalue weighted by atomic mass is 10.1. The molecule has 0 aromatic heterocycles. The largest absolute Gasteiger partial charge is 0.497 e. The van der Waals surface area contributed by atoms with Crippen LogP contribution in [0, 0.1) is 0 Å². The van der Waals surface area contributed by atoms with Crippen LogP contribution in [0.4, 0.5) is 5.69 Å². The van der Waals surface area contributed by atoms with Crippen molar-refractivity contribution in [2.75, 3.05) is 12.4 Å². The van der Waals surface area contributed by atoms with Crippen LogP contribution in [0.15, 0.2) is 88.7 Å². The highest BCUT2D eigenvalue weighted by molar-refractivity contribution is 7.99. The molecule has 3 aromatic rings. The Morgan fingerprint density at radius 1 is 0.862 bits per heavy atom. The Labute approximate surface area is 174 Å². The average molecular weight is 407 g/mol. The van der Waals surface area contributed by atoms with E-state index in [9.17, 15) is 9.59 Å². The Bertz CT molecular complexity index is 975. The zero-order valence-electron chi connectivity index (χ0n) is 16.2. The van der Waals surface area contributed by atoms with Crippen molar-refractivity contribution in [2.45, 2.75) is 22.8 Å². The van der Waals surface area contributed by atoms with E-state index in [0.717, 1.165) is 21.1 Å². The second-order valence-corrected chi connectivity index (χ2v) is 7.45. The zero-order chi connectivity index (χ0) is 20.6. The number of methoxy groups -OCH3 is 1. The van der Waals surface area contributed by atoms with E-state index in [-0.39, 0.29) is 6.04 Å². The molecule has 29 heavy (non-hydrogen) atoms. The lowest BCUT2D eigenvalue weighted by Gasteiger charge is -2.15. The summed E-state index contributed by atoms with van der Waals surface area (Å²) < 4.78 is 5.13. The summed E-state index contributed by atoms with van der Waals surface area (Å²) in [7, 11) is 1.60. The summed E-state index contributed by atoms with van der Waals surface area (Å²) >= 11 is 1.52. The summed E-state index contributed by atoms with van der Waals surface area (Å²) in [6, 6.07) is 24.3. The summed E-state index contributed by atoms with van der Waals surface area (Å²) in [5.74, 6) is -0.656. The minimum atomic E-state index is -0.702. The number of hydrogen-bond donors (Lipinski definition) is 2. The zero-order valence-corrected chi connectivity index (χ0v) is 17.0. The Morgan fingerprint density at radius 2 is 1.52 bits per heavy atom. The Kier molecular flexibility index (Phi) is 6.92. The molecule has 0 fully saturated rings. The standard InChI is InChI=1S/C23H22N2O3S/c1-16(17-12-14-18(28-2)15-13-17)24-22(26)23(27)25-20-10-6-7-11-21(20)29-19-8-4-3-5-9-19/h3-16H,1-2H3,(H,24,26)(H,25,27). The van der Waals surface area contributed by atoms with Gasteiger partial charge in [0.25, 0.3) is 0 Å². The van der Waals surface area contributed by atoms with Gasteiger partial charge in [0, 0.05) is 9.79 Å². The number of ether oxygens (including phenoxy) is 1. The molecule has 0 aliphatic rings. The van der Waals surface area contributed by atoms with Crippen LogP contribution in [-0.2, 0) is 9.59 Å². The number of carbonyl (C=O) groups excluding carboxylic acids is 2. The molecular weight excluding hydrogens is 384 g/mol. The van der Waals surface area contributed by atoms with E-state index < -0.39 is 11.8 Å². The summed E-state index contributed by atoms with van der Waals surface area (Å²) in [4.78, 5) is 26.7. The number of para-hydroxylation sites is 1. The average Bonchev–Trinajstić information content (AvgIpc) is 2.75. The molecule has 3 rings (SSSR count). The molecule has 5 nitrogen and oxygen atoms in total. The molecule has 2 N–H and O–H groups in total. The van der Waals surface area contributed by atoms with Crippen molar-refractivity contribution in [1.82, 2.24) is 5.32 Å². The lowest BCUT2D eigenvalue weighted by molar-refractivity contribution is -0.136. The highest BCUT2D eigenvalue weighted by atomic mass is 32.2. The van der Waals surface area contributed by atoms with Crippen molar-refractivity contribution in [2.24, 2.45) is 0 Å². The molecule has 0 saturated carbocycles. The van der Waals surface area contributed by atoms with E-state index >= 15 is 0 Å². The van der Waals surface area contributed by atoms with Crippen LogP contribution in [0.3, 0.4) is 0 Å². The number of nitrogens with one attached hydrogen (secondary N) is 2. The van der Waals surface area contributed by atoms with Crippen molar-refractivity contribution in [3.8, 4) is 5.75 Å². The molecule has 2 amide bonds. The molecule has 6 heteroatoms. The summed E-state index contributed by atoms with van der Waals surface area (Å²) in [5, 5.41) is 5.44. The highest BCUT2D eigenvalue weighted by Gasteiger charge is 2.18. The SMILES string of the molecule is COc1ccc(C(C)NC(=O)C(=O)Nc2ccccc2Sc2ccccc2)cc1. The topological polar surface area (TPSA) is 67.4 Å². The molecule has 1 unspecified atom stereocenters. The van der Waals surface area contributed by atoms with Crippen LogP contribution in [0.2, 0.25) is 0 Å². The van der Waals surface area contributed by atoms with Crippen molar-refractivity contribution in [3.63, 3.8) is 0 Å². The second kappa shape index (κ2) is 9.80. The number of anilines is 1. The first-order valence-corrected chi connectivity index (χ1v) is 9.96. The monoisotopic (exact) mass is 406 g/mol. The first-order valence-electron chi connectivity index (χ1n) is 9.14. The van der Waals surface area contributed by atoms with E-state index in [0.29, 0.717) is 5.69 Å². The first kappa shape index (κ1) is 20.5. The van der Waals surface area contributed by atoms with Crippen molar-refractivity contribution in [1.29, 1.82) is 0 Å². The Morgan fingerprint density at radius 3 is 2.21 bits per heavy atom. The molecule has 0 heterocycles. The van der Waals surface area contributed by atoms with Gasteiger partial charge in [-0.1, -0.05) is 54.2 Å². The summed E-state index contributed by atoms with van der Waals surface area (Å²) in [6.07, 6.45) is 0. The Balaban J connectivity index is 1.64. The van der Waals surface area contributed by atoms with E-state index in [2.05, 4.69) is 10.6 Å². The molecule has 148 valence electrons. The Hall–Kier alpha value is -3.25. The van der Waals surface area contributed by atoms with Crippen LogP contribution in [0.25, 0.3) is 0 Å². The van der Waals surface area contributed by atoms with Gasteiger partial charge < -0.3 is 15.4 Å². The maximum atomic E-state index is 12.4. The number of rotatable bonds is 6. The van der Waals surface area contributed by atoms with Gasteiger partial charge in [-0.05, 0) is 48.9 Å². The van der Waals surface area contributed by atoms with Gasteiger partial charge in [0.2, 0.25) is 0 Å². The van der Waals surface area contributed by atoms with Crippen molar-refractivity contribution < 1.29 is 14.3 Å². The molecule has 0 spiro atoms. The van der Waals surface area contributed by atoms with Gasteiger partial charge in [-0.3, -0.25) is 9.59 Å². The van der Waals surface area contributed by atoms with Gasteiger partial charge in [0.05, 0.1) is 18.8 Å². The van der Waals surface area contributed by atoms with E-state index in [1.165, 1.54) is 11.8 Å². The van der Waals surface area contributed by atoms with Gasteiger partial charge in [0.15, 0.2) is 0 Å². The number of amides is 2. The minimum absolute atomic E-state index is 0.312. The summed E-state index contributed by atoms with van der Waals surface area (Å²) in [5.41, 5.74) is 1.48. The van der Waals surface area contributed by atoms with Crippen molar-refractivity contribution >= 4 is 29.3 Å². The molecule has 0 saturated heterocycles. The molecule has 0 aliphatic carbocycles. The van der Waals surface area contributed by atoms with Crippen LogP contribution < -0.4 is 15.4 Å². The fourth-order valence-electron chi connectivity index (χ4n) is 2.69. The van der Waals surface area contributed by atoms with Gasteiger partial charge in [-0.25, -0.2) is 0 Å². The third-order valence-corrected chi connectivity index (χ3v) is 5.36. The molecular formula is C23H22N2O3S. The smallest absolute Gasteiger partial charge is 0.313 e. The third-order valence-electron chi connectivity index (χ3n) is 4.28. The number of benzene rings is 3. The molecule has 1 atom stereocenters. The van der Waals surface area contributed by atoms with E-state index in [4.69, 9.17) is 4.74 Å². The highest BCUT2D eigenvalue weighted by Crippen LogP contribution is 2.33. The minimum Gasteiger partial charge on any atom is -0.497 e. The number of hydrogen-bond acceptors (Lipinski definition) is 4. The van der Waals surface area contributed by atoms with Gasteiger partial charge in [0.1, 0.15) is 5.75 Å². The normalized spacial score (nSPS) is 11.4. The maximum Gasteiger partial charge on any atom is 0.313 e.